The van der Waals surface area contributed by atoms with Gasteiger partial charge in [-0.05, 0) is 110 Å². The number of carbonyl (C=O) groups is 2. The van der Waals surface area contributed by atoms with E-state index in [2.05, 4.69) is 61.5 Å². The molecule has 0 aromatic carbocycles. The molecular weight excluding hydrogens is 604 g/mol. The fourth-order valence-corrected chi connectivity index (χ4v) is 13.4. The van der Waals surface area contributed by atoms with Crippen LogP contribution in [0.3, 0.4) is 0 Å². The molecule has 0 heterocycles. The summed E-state index contributed by atoms with van der Waals surface area (Å²) in [5.74, 6) is 1.69. The average molecular weight is 681 g/mol. The summed E-state index contributed by atoms with van der Waals surface area (Å²) in [6.07, 6.45) is 28.0. The number of rotatable bonds is 15. The number of carbonyl (C=O) groups excluding carboxylic acids is 1. The molecule has 0 spiro atoms. The van der Waals surface area contributed by atoms with Gasteiger partial charge in [0.15, 0.2) is 0 Å². The van der Waals surface area contributed by atoms with Crippen LogP contribution >= 0.6 is 0 Å². The number of fused-ring (bicyclic) bond motifs is 7. The second-order valence-corrected chi connectivity index (χ2v) is 19.6. The maximum absolute atomic E-state index is 13.2. The van der Waals surface area contributed by atoms with Crippen molar-refractivity contribution in [3.05, 3.63) is 11.6 Å². The van der Waals surface area contributed by atoms with Gasteiger partial charge >= 0.3 is 11.9 Å². The van der Waals surface area contributed by atoms with Gasteiger partial charge in [-0.15, -0.1) is 0 Å². The topological polar surface area (TPSA) is 63.6 Å². The Morgan fingerprint density at radius 1 is 0.755 bits per heavy atom. The van der Waals surface area contributed by atoms with E-state index in [0.717, 1.165) is 57.8 Å². The van der Waals surface area contributed by atoms with Gasteiger partial charge in [-0.1, -0.05) is 138 Å². The van der Waals surface area contributed by atoms with Crippen molar-refractivity contribution in [2.24, 2.45) is 56.7 Å². The van der Waals surface area contributed by atoms with Gasteiger partial charge in [0.1, 0.15) is 6.10 Å². The van der Waals surface area contributed by atoms with E-state index in [-0.39, 0.29) is 39.7 Å². The zero-order chi connectivity index (χ0) is 35.7. The Balaban J connectivity index is 1.18. The second kappa shape index (κ2) is 15.3. The van der Waals surface area contributed by atoms with E-state index in [1.165, 1.54) is 82.6 Å². The van der Waals surface area contributed by atoms with Gasteiger partial charge in [-0.3, -0.25) is 9.59 Å². The Morgan fingerprint density at radius 3 is 1.98 bits per heavy atom. The average Bonchev–Trinajstić information content (AvgIpc) is 3.05. The van der Waals surface area contributed by atoms with Crippen molar-refractivity contribution in [1.29, 1.82) is 0 Å². The first-order valence-electron chi connectivity index (χ1n) is 21.3. The summed E-state index contributed by atoms with van der Waals surface area (Å²) in [5, 5.41) is 10.7. The highest BCUT2D eigenvalue weighted by Crippen LogP contribution is 2.75. The standard InChI is InChI=1S/C45H76O4/c1-9-10-11-12-13-14-15-16-17-18-19-20-21-38(46)49-37-26-27-42(6)35(41(37,4)5)25-28-44(8)36(42)23-22-34-39-33(3)32(2)24-29-45(39,40(47)48)31-30-43(34,44)7/h22,32-33,35-37,39H,9-21,23-31H2,1-8H3,(H,47,48)/t32-,33+,35+,36-,37+,39+,42+,43-,44-,45+/m1/s1. The van der Waals surface area contributed by atoms with E-state index >= 15 is 0 Å². The minimum Gasteiger partial charge on any atom is -0.481 e. The first-order valence-corrected chi connectivity index (χ1v) is 21.3. The van der Waals surface area contributed by atoms with Crippen molar-refractivity contribution in [1.82, 2.24) is 0 Å². The molecule has 0 aromatic heterocycles. The zero-order valence-corrected chi connectivity index (χ0v) is 33.3. The van der Waals surface area contributed by atoms with Gasteiger partial charge in [0.2, 0.25) is 0 Å². The maximum Gasteiger partial charge on any atom is 0.310 e. The lowest BCUT2D eigenvalue weighted by Crippen LogP contribution is -2.65. The van der Waals surface area contributed by atoms with Crippen LogP contribution in [0.4, 0.5) is 0 Å². The molecule has 4 fully saturated rings. The largest absolute Gasteiger partial charge is 0.481 e. The number of allylic oxidation sites excluding steroid dienone is 2. The van der Waals surface area contributed by atoms with Crippen LogP contribution in [0.1, 0.15) is 197 Å². The highest BCUT2D eigenvalue weighted by molar-refractivity contribution is 5.76. The predicted molar refractivity (Wildman–Crippen MR) is 202 cm³/mol. The van der Waals surface area contributed by atoms with Crippen LogP contribution in [-0.2, 0) is 14.3 Å². The maximum atomic E-state index is 13.2. The van der Waals surface area contributed by atoms with E-state index in [9.17, 15) is 14.7 Å². The molecule has 0 radical (unpaired) electrons. The summed E-state index contributed by atoms with van der Waals surface area (Å²) in [7, 11) is 0. The van der Waals surface area contributed by atoms with Gasteiger partial charge in [-0.25, -0.2) is 0 Å². The second-order valence-electron chi connectivity index (χ2n) is 19.6. The van der Waals surface area contributed by atoms with Gasteiger partial charge in [0, 0.05) is 11.8 Å². The summed E-state index contributed by atoms with van der Waals surface area (Å²) < 4.78 is 6.38. The van der Waals surface area contributed by atoms with Crippen LogP contribution in [0.25, 0.3) is 0 Å². The molecule has 4 nitrogen and oxygen atoms in total. The molecule has 0 amide bonds. The number of ether oxygens (including phenoxy) is 1. The molecule has 280 valence electrons. The van der Waals surface area contributed by atoms with Crippen molar-refractivity contribution in [3.63, 3.8) is 0 Å². The summed E-state index contributed by atoms with van der Waals surface area (Å²) >= 11 is 0. The van der Waals surface area contributed by atoms with Crippen LogP contribution in [-0.4, -0.2) is 23.1 Å². The van der Waals surface area contributed by atoms with E-state index < -0.39 is 11.4 Å². The normalized spacial score (nSPS) is 41.0. The molecule has 5 aliphatic carbocycles. The monoisotopic (exact) mass is 681 g/mol. The lowest BCUT2D eigenvalue weighted by atomic mass is 9.33. The van der Waals surface area contributed by atoms with Crippen LogP contribution in [0.15, 0.2) is 11.6 Å². The minimum absolute atomic E-state index is 0.000442. The van der Waals surface area contributed by atoms with Crippen LogP contribution in [0.2, 0.25) is 0 Å². The van der Waals surface area contributed by atoms with Gasteiger partial charge < -0.3 is 9.84 Å². The molecule has 0 aliphatic heterocycles. The third-order valence-corrected chi connectivity index (χ3v) is 16.9. The molecule has 4 heteroatoms. The summed E-state index contributed by atoms with van der Waals surface area (Å²) in [4.78, 5) is 26.2. The molecule has 5 aliphatic rings. The third kappa shape index (κ3) is 6.96. The van der Waals surface area contributed by atoms with Gasteiger partial charge in [0.05, 0.1) is 5.41 Å². The number of esters is 1. The van der Waals surface area contributed by atoms with Crippen molar-refractivity contribution in [3.8, 4) is 0 Å². The number of hydrogen-bond donors (Lipinski definition) is 1. The van der Waals surface area contributed by atoms with E-state index in [1.54, 1.807) is 0 Å². The highest BCUT2D eigenvalue weighted by Gasteiger charge is 2.69. The van der Waals surface area contributed by atoms with E-state index in [0.29, 0.717) is 30.1 Å². The van der Waals surface area contributed by atoms with Gasteiger partial charge in [-0.2, -0.15) is 0 Å². The molecule has 5 rings (SSSR count). The SMILES string of the molecule is CCCCCCCCCCCCCCC(=O)O[C@H]1CC[C@]2(C)[C@H]3CC=C4[C@@H]5[C@@H](C)[C@H](C)CC[C@]5(C(=O)O)CC[C@@]4(C)[C@]3(C)CC[C@H]2C1(C)C. The van der Waals surface area contributed by atoms with E-state index in [1.807, 2.05) is 0 Å². The molecule has 4 saturated carbocycles. The van der Waals surface area contributed by atoms with Crippen LogP contribution in [0.5, 0.6) is 0 Å². The molecule has 10 atom stereocenters. The number of carboxylic acid groups (broad SMARTS) is 1. The number of carboxylic acids is 1. The first kappa shape index (κ1) is 38.9. The molecule has 1 N–H and O–H groups in total. The Morgan fingerprint density at radius 2 is 1.37 bits per heavy atom. The smallest absolute Gasteiger partial charge is 0.310 e. The number of aliphatic carboxylic acids is 1. The minimum atomic E-state index is -0.585. The molecule has 49 heavy (non-hydrogen) atoms. The lowest BCUT2D eigenvalue weighted by molar-refractivity contribution is -0.214. The quantitative estimate of drug-likeness (QED) is 0.106. The summed E-state index contributed by atoms with van der Waals surface area (Å²) in [6, 6.07) is 0. The Kier molecular flexibility index (Phi) is 12.2. The van der Waals surface area contributed by atoms with Gasteiger partial charge in [0.25, 0.3) is 0 Å². The Hall–Kier alpha value is -1.32. The van der Waals surface area contributed by atoms with Crippen LogP contribution in [0, 0.1) is 56.7 Å². The third-order valence-electron chi connectivity index (χ3n) is 16.9. The van der Waals surface area contributed by atoms with E-state index in [4.69, 9.17) is 4.74 Å². The fraction of sp³-hybridized carbons (Fsp3) is 0.911. The molecule has 0 bridgehead atoms. The van der Waals surface area contributed by atoms with Crippen molar-refractivity contribution in [2.75, 3.05) is 0 Å². The van der Waals surface area contributed by atoms with Crippen molar-refractivity contribution in [2.45, 2.75) is 203 Å². The lowest BCUT2D eigenvalue weighted by Gasteiger charge is -2.71. The first-order chi connectivity index (χ1) is 23.2. The molecule has 0 unspecified atom stereocenters. The van der Waals surface area contributed by atoms with Crippen molar-refractivity contribution >= 4 is 11.9 Å². The summed E-state index contributed by atoms with van der Waals surface area (Å²) in [5.41, 5.74) is 1.26. The Bertz CT molecular complexity index is 1190. The fourth-order valence-electron chi connectivity index (χ4n) is 13.4. The van der Waals surface area contributed by atoms with Crippen LogP contribution < -0.4 is 0 Å². The highest BCUT2D eigenvalue weighted by atomic mass is 16.5. The number of hydrogen-bond acceptors (Lipinski definition) is 3. The zero-order valence-electron chi connectivity index (χ0n) is 33.3. The molecular formula is C45H76O4. The molecule has 0 aromatic rings. The predicted octanol–water partition coefficient (Wildman–Crippen LogP) is 12.7. The summed E-state index contributed by atoms with van der Waals surface area (Å²) in [6.45, 7) is 19.5. The Labute approximate surface area is 301 Å². The van der Waals surface area contributed by atoms with Crippen molar-refractivity contribution < 1.29 is 19.4 Å². The molecule has 0 saturated heterocycles. The number of unbranched alkanes of at least 4 members (excludes halogenated alkanes) is 11.